The highest BCUT2D eigenvalue weighted by Crippen LogP contribution is 2.19. The van der Waals surface area contributed by atoms with Gasteiger partial charge in [0, 0.05) is 25.2 Å². The van der Waals surface area contributed by atoms with E-state index in [0.717, 1.165) is 19.5 Å². The van der Waals surface area contributed by atoms with E-state index in [0.29, 0.717) is 6.04 Å². The number of rotatable bonds is 3. The quantitative estimate of drug-likeness (QED) is 0.897. The smallest absolute Gasteiger partial charge is 0.131 e. The highest BCUT2D eigenvalue weighted by molar-refractivity contribution is 6.00. The number of benzene rings is 1. The van der Waals surface area contributed by atoms with Crippen molar-refractivity contribution in [2.45, 2.75) is 31.7 Å². The molecular formula is C16H23N3. The van der Waals surface area contributed by atoms with Crippen LogP contribution in [0.4, 0.5) is 0 Å². The van der Waals surface area contributed by atoms with Gasteiger partial charge in [-0.2, -0.15) is 0 Å². The number of nitrogens with zero attached hydrogens (tertiary/aromatic N) is 2. The molecule has 0 spiro atoms. The standard InChI is InChI=1S/C16H23N3/c1-19-11-10-18-16(19)15-8-3-2-6-13(15)12-14-7-4-5-9-17-14/h2-3,6,8,14,17H,4-5,7,9-12H2,1H3. The Morgan fingerprint density at radius 3 is 2.95 bits per heavy atom. The van der Waals surface area contributed by atoms with Gasteiger partial charge < -0.3 is 10.2 Å². The zero-order valence-electron chi connectivity index (χ0n) is 11.7. The van der Waals surface area contributed by atoms with Crippen molar-refractivity contribution in [3.05, 3.63) is 35.4 Å². The monoisotopic (exact) mass is 257 g/mol. The highest BCUT2D eigenvalue weighted by Gasteiger charge is 2.20. The first-order valence-corrected chi connectivity index (χ1v) is 7.42. The van der Waals surface area contributed by atoms with Crippen molar-refractivity contribution >= 4 is 5.84 Å². The summed E-state index contributed by atoms with van der Waals surface area (Å²) in [7, 11) is 2.14. The van der Waals surface area contributed by atoms with Gasteiger partial charge in [0.1, 0.15) is 5.84 Å². The van der Waals surface area contributed by atoms with Gasteiger partial charge in [-0.3, -0.25) is 4.99 Å². The summed E-state index contributed by atoms with van der Waals surface area (Å²) in [5.74, 6) is 1.17. The Labute approximate surface area is 115 Å². The lowest BCUT2D eigenvalue weighted by Crippen LogP contribution is -2.36. The summed E-state index contributed by atoms with van der Waals surface area (Å²) in [6.45, 7) is 3.15. The third kappa shape index (κ3) is 2.81. The molecule has 0 aliphatic carbocycles. The molecule has 3 rings (SSSR count). The fourth-order valence-electron chi connectivity index (χ4n) is 3.10. The van der Waals surface area contributed by atoms with E-state index in [4.69, 9.17) is 0 Å². The van der Waals surface area contributed by atoms with Gasteiger partial charge in [-0.25, -0.2) is 0 Å². The van der Waals surface area contributed by atoms with Gasteiger partial charge in [0.05, 0.1) is 6.54 Å². The number of nitrogens with one attached hydrogen (secondary N) is 1. The average molecular weight is 257 g/mol. The van der Waals surface area contributed by atoms with Crippen LogP contribution < -0.4 is 5.32 Å². The van der Waals surface area contributed by atoms with Gasteiger partial charge >= 0.3 is 0 Å². The summed E-state index contributed by atoms with van der Waals surface area (Å²) in [5, 5.41) is 3.64. The lowest BCUT2D eigenvalue weighted by atomic mass is 9.94. The lowest BCUT2D eigenvalue weighted by molar-refractivity contribution is 0.399. The van der Waals surface area contributed by atoms with Crippen LogP contribution in [-0.2, 0) is 6.42 Å². The Balaban J connectivity index is 1.81. The third-order valence-electron chi connectivity index (χ3n) is 4.20. The van der Waals surface area contributed by atoms with E-state index >= 15 is 0 Å². The molecule has 1 unspecified atom stereocenters. The van der Waals surface area contributed by atoms with Gasteiger partial charge in [-0.15, -0.1) is 0 Å². The summed E-state index contributed by atoms with van der Waals surface area (Å²) in [6, 6.07) is 9.40. The predicted octanol–water partition coefficient (Wildman–Crippen LogP) is 2.06. The largest absolute Gasteiger partial charge is 0.358 e. The second-order valence-electron chi connectivity index (χ2n) is 5.63. The molecule has 1 fully saturated rings. The van der Waals surface area contributed by atoms with Crippen LogP contribution in [0.25, 0.3) is 0 Å². The van der Waals surface area contributed by atoms with E-state index in [1.54, 1.807) is 0 Å². The summed E-state index contributed by atoms with van der Waals surface area (Å²) in [6.07, 6.45) is 5.12. The zero-order chi connectivity index (χ0) is 13.1. The Hall–Kier alpha value is -1.35. The van der Waals surface area contributed by atoms with Crippen LogP contribution in [0.2, 0.25) is 0 Å². The number of likely N-dealkylation sites (N-methyl/N-ethyl adjacent to an activating group) is 1. The van der Waals surface area contributed by atoms with E-state index in [1.165, 1.54) is 42.8 Å². The molecule has 0 saturated carbocycles. The number of hydrogen-bond donors (Lipinski definition) is 1. The zero-order valence-corrected chi connectivity index (χ0v) is 11.7. The molecule has 1 aromatic carbocycles. The molecule has 3 nitrogen and oxygen atoms in total. The van der Waals surface area contributed by atoms with Crippen molar-refractivity contribution in [2.75, 3.05) is 26.7 Å². The third-order valence-corrected chi connectivity index (χ3v) is 4.20. The Morgan fingerprint density at radius 1 is 1.32 bits per heavy atom. The Kier molecular flexibility index (Phi) is 3.83. The number of piperidine rings is 1. The molecule has 2 aliphatic heterocycles. The first-order chi connectivity index (χ1) is 9.34. The summed E-state index contributed by atoms with van der Waals surface area (Å²) < 4.78 is 0. The second kappa shape index (κ2) is 5.74. The van der Waals surface area contributed by atoms with Crippen molar-refractivity contribution in [1.82, 2.24) is 10.2 Å². The molecule has 102 valence electrons. The SMILES string of the molecule is CN1CCN=C1c1ccccc1CC1CCCCN1. The first-order valence-electron chi connectivity index (χ1n) is 7.42. The van der Waals surface area contributed by atoms with Crippen LogP contribution in [0, 0.1) is 0 Å². The Bertz CT molecular complexity index is 461. The van der Waals surface area contributed by atoms with Crippen molar-refractivity contribution in [3.63, 3.8) is 0 Å². The fourth-order valence-corrected chi connectivity index (χ4v) is 3.10. The average Bonchev–Trinajstić information content (AvgIpc) is 2.87. The maximum absolute atomic E-state index is 4.66. The molecular weight excluding hydrogens is 234 g/mol. The minimum atomic E-state index is 0.641. The molecule has 3 heteroatoms. The molecule has 0 amide bonds. The van der Waals surface area contributed by atoms with Crippen molar-refractivity contribution < 1.29 is 0 Å². The summed E-state index contributed by atoms with van der Waals surface area (Å²) in [5.41, 5.74) is 2.77. The van der Waals surface area contributed by atoms with Crippen LogP contribution in [0.3, 0.4) is 0 Å². The predicted molar refractivity (Wildman–Crippen MR) is 79.8 cm³/mol. The molecule has 1 aromatic rings. The van der Waals surface area contributed by atoms with E-state index in [-0.39, 0.29) is 0 Å². The molecule has 0 aromatic heterocycles. The lowest BCUT2D eigenvalue weighted by Gasteiger charge is -2.25. The molecule has 2 aliphatic rings. The van der Waals surface area contributed by atoms with Gasteiger partial charge in [0.15, 0.2) is 0 Å². The topological polar surface area (TPSA) is 27.6 Å². The Morgan fingerprint density at radius 2 is 2.21 bits per heavy atom. The molecule has 1 atom stereocenters. The minimum Gasteiger partial charge on any atom is -0.358 e. The molecule has 2 heterocycles. The second-order valence-corrected chi connectivity index (χ2v) is 5.63. The summed E-state index contributed by atoms with van der Waals surface area (Å²) in [4.78, 5) is 6.93. The number of hydrogen-bond acceptors (Lipinski definition) is 3. The number of amidine groups is 1. The van der Waals surface area contributed by atoms with Gasteiger partial charge in [-0.05, 0) is 31.4 Å². The molecule has 1 N–H and O–H groups in total. The van der Waals surface area contributed by atoms with Crippen LogP contribution in [0.1, 0.15) is 30.4 Å². The van der Waals surface area contributed by atoms with E-state index in [1.807, 2.05) is 0 Å². The fraction of sp³-hybridized carbons (Fsp3) is 0.562. The molecule has 0 bridgehead atoms. The van der Waals surface area contributed by atoms with Crippen molar-refractivity contribution in [3.8, 4) is 0 Å². The van der Waals surface area contributed by atoms with Crippen LogP contribution in [0.5, 0.6) is 0 Å². The minimum absolute atomic E-state index is 0.641. The maximum atomic E-state index is 4.66. The first kappa shape index (κ1) is 12.7. The van der Waals surface area contributed by atoms with Crippen molar-refractivity contribution in [2.24, 2.45) is 4.99 Å². The van der Waals surface area contributed by atoms with Gasteiger partial charge in [0.25, 0.3) is 0 Å². The van der Waals surface area contributed by atoms with Crippen LogP contribution in [-0.4, -0.2) is 43.5 Å². The van der Waals surface area contributed by atoms with Crippen molar-refractivity contribution in [1.29, 1.82) is 0 Å². The van der Waals surface area contributed by atoms with Crippen LogP contribution in [0.15, 0.2) is 29.3 Å². The molecule has 0 radical (unpaired) electrons. The molecule has 19 heavy (non-hydrogen) atoms. The summed E-state index contributed by atoms with van der Waals surface area (Å²) >= 11 is 0. The highest BCUT2D eigenvalue weighted by atomic mass is 15.2. The molecule has 1 saturated heterocycles. The normalized spacial score (nSPS) is 23.5. The van der Waals surface area contributed by atoms with E-state index in [2.05, 4.69) is 46.5 Å². The van der Waals surface area contributed by atoms with E-state index in [9.17, 15) is 0 Å². The van der Waals surface area contributed by atoms with E-state index < -0.39 is 0 Å². The van der Waals surface area contributed by atoms with Crippen LogP contribution >= 0.6 is 0 Å². The number of aliphatic imine (C=N–C) groups is 1. The van der Waals surface area contributed by atoms with Gasteiger partial charge in [0.2, 0.25) is 0 Å². The maximum Gasteiger partial charge on any atom is 0.131 e. The van der Waals surface area contributed by atoms with Gasteiger partial charge in [-0.1, -0.05) is 30.7 Å².